The molecular weight excluding hydrogens is 473 g/mol. The summed E-state index contributed by atoms with van der Waals surface area (Å²) >= 11 is 0. The van der Waals surface area contributed by atoms with Gasteiger partial charge >= 0.3 is 0 Å². The fourth-order valence-corrected chi connectivity index (χ4v) is 4.64. The normalized spacial score (nSPS) is 13.9. The summed E-state index contributed by atoms with van der Waals surface area (Å²) < 4.78 is 14.0. The summed E-state index contributed by atoms with van der Waals surface area (Å²) in [5.41, 5.74) is 11.7. The number of nitrogens with one attached hydrogen (secondary N) is 2. The highest BCUT2D eigenvalue weighted by atomic mass is 19.1. The van der Waals surface area contributed by atoms with Gasteiger partial charge in [0.25, 0.3) is 0 Å². The van der Waals surface area contributed by atoms with Crippen LogP contribution in [0.4, 0.5) is 10.2 Å². The van der Waals surface area contributed by atoms with Crippen LogP contribution in [0.2, 0.25) is 0 Å². The van der Waals surface area contributed by atoms with E-state index in [4.69, 9.17) is 20.7 Å². The van der Waals surface area contributed by atoms with Crippen LogP contribution >= 0.6 is 0 Å². The molecule has 1 aliphatic rings. The summed E-state index contributed by atoms with van der Waals surface area (Å²) in [6.45, 7) is 1.50. The van der Waals surface area contributed by atoms with Crippen molar-refractivity contribution in [3.05, 3.63) is 66.7 Å². The van der Waals surface area contributed by atoms with Gasteiger partial charge in [0.15, 0.2) is 11.5 Å². The lowest BCUT2D eigenvalue weighted by molar-refractivity contribution is 0.469. The Balaban J connectivity index is 1.31. The first-order chi connectivity index (χ1) is 18.0. The van der Waals surface area contributed by atoms with Crippen molar-refractivity contribution in [3.63, 3.8) is 0 Å². The number of H-pyrrole nitrogens is 2. The minimum atomic E-state index is -0.526. The van der Waals surface area contributed by atoms with E-state index >= 15 is 0 Å². The average Bonchev–Trinajstić information content (AvgIpc) is 3.49. The molecule has 37 heavy (non-hydrogen) atoms. The molecule has 1 aliphatic heterocycles. The van der Waals surface area contributed by atoms with E-state index < -0.39 is 5.82 Å². The van der Waals surface area contributed by atoms with E-state index in [0.717, 1.165) is 36.0 Å². The Morgan fingerprint density at radius 2 is 1.84 bits per heavy atom. The van der Waals surface area contributed by atoms with Crippen LogP contribution in [0.5, 0.6) is 5.75 Å². The lowest BCUT2D eigenvalue weighted by atomic mass is 10.0. The van der Waals surface area contributed by atoms with Crippen molar-refractivity contribution in [2.75, 3.05) is 18.0 Å². The second-order valence-corrected chi connectivity index (χ2v) is 9.08. The standard InChI is InChI=1S/C26H20FN9O/c27-14-6-13(7-16(37)8-14)17-2-1-3-19-23(17)33-26(32-19)25-24-20(34-35-25)5-4-18(31-24)21-9-29-10-22(30-21)36-11-15(28)12-36/h1-10,15,37H,11-12,28H2,(H,32,33)(H,34,35). The number of imidazole rings is 1. The molecule has 1 saturated heterocycles. The third-order valence-electron chi connectivity index (χ3n) is 6.46. The number of nitrogens with two attached hydrogens (primary N) is 1. The molecule has 7 rings (SSSR count). The predicted octanol–water partition coefficient (Wildman–Crippen LogP) is 3.62. The molecule has 0 radical (unpaired) electrons. The number of nitrogens with zero attached hydrogens (tertiary/aromatic N) is 6. The van der Waals surface area contributed by atoms with Crippen LogP contribution < -0.4 is 10.6 Å². The number of aromatic nitrogens is 7. The molecule has 6 aromatic rings. The van der Waals surface area contributed by atoms with Crippen LogP contribution in [-0.4, -0.2) is 59.4 Å². The first kappa shape index (κ1) is 21.4. The maximum Gasteiger partial charge on any atom is 0.161 e. The molecule has 0 bridgehead atoms. The molecule has 0 unspecified atom stereocenters. The van der Waals surface area contributed by atoms with E-state index in [-0.39, 0.29) is 11.8 Å². The molecule has 10 nitrogen and oxygen atoms in total. The SMILES string of the molecule is NC1CN(c2cncc(-c3ccc4[nH]nc(-c5nc6c(-c7cc(O)cc(F)c7)cccc6[nH]5)c4n3)n2)C1. The number of rotatable bonds is 4. The Hall–Kier alpha value is -4.90. The lowest BCUT2D eigenvalue weighted by Gasteiger charge is -2.37. The quantitative estimate of drug-likeness (QED) is 0.291. The summed E-state index contributed by atoms with van der Waals surface area (Å²) in [4.78, 5) is 24.1. The van der Waals surface area contributed by atoms with E-state index in [1.54, 1.807) is 12.4 Å². The Labute approximate surface area is 209 Å². The summed E-state index contributed by atoms with van der Waals surface area (Å²) in [7, 11) is 0. The fraction of sp³-hybridized carbons (Fsp3) is 0.115. The number of hydrogen-bond acceptors (Lipinski definition) is 8. The molecule has 0 atom stereocenters. The lowest BCUT2D eigenvalue weighted by Crippen LogP contribution is -2.56. The molecule has 0 amide bonds. The van der Waals surface area contributed by atoms with Gasteiger partial charge in [0.2, 0.25) is 0 Å². The van der Waals surface area contributed by atoms with Crippen molar-refractivity contribution in [3.8, 4) is 39.8 Å². The second-order valence-electron chi connectivity index (χ2n) is 9.08. The van der Waals surface area contributed by atoms with E-state index in [2.05, 4.69) is 25.1 Å². The van der Waals surface area contributed by atoms with Gasteiger partial charge in [0.1, 0.15) is 28.6 Å². The average molecular weight is 494 g/mol. The molecule has 0 spiro atoms. The van der Waals surface area contributed by atoms with E-state index in [1.807, 2.05) is 30.3 Å². The van der Waals surface area contributed by atoms with Crippen LogP contribution in [0, 0.1) is 5.82 Å². The third-order valence-corrected chi connectivity index (χ3v) is 6.46. The summed E-state index contributed by atoms with van der Waals surface area (Å²) in [6, 6.07) is 13.4. The maximum atomic E-state index is 14.0. The molecule has 0 saturated carbocycles. The molecule has 4 aromatic heterocycles. The highest BCUT2D eigenvalue weighted by molar-refractivity contribution is 5.96. The van der Waals surface area contributed by atoms with Crippen molar-refractivity contribution in [1.29, 1.82) is 0 Å². The zero-order chi connectivity index (χ0) is 25.1. The topological polar surface area (TPSA) is 146 Å². The first-order valence-corrected chi connectivity index (χ1v) is 11.7. The molecular formula is C26H20FN9O. The molecule has 11 heteroatoms. The predicted molar refractivity (Wildman–Crippen MR) is 137 cm³/mol. The Morgan fingerprint density at radius 1 is 0.946 bits per heavy atom. The number of pyridine rings is 1. The smallest absolute Gasteiger partial charge is 0.161 e. The zero-order valence-electron chi connectivity index (χ0n) is 19.4. The Bertz CT molecular complexity index is 1790. The van der Waals surface area contributed by atoms with Gasteiger partial charge in [-0.15, -0.1) is 0 Å². The van der Waals surface area contributed by atoms with Crippen LogP contribution in [0.25, 0.3) is 56.1 Å². The van der Waals surface area contributed by atoms with Gasteiger partial charge in [-0.3, -0.25) is 10.1 Å². The number of aromatic hydroxyl groups is 1. The van der Waals surface area contributed by atoms with Gasteiger partial charge in [-0.25, -0.2) is 19.3 Å². The first-order valence-electron chi connectivity index (χ1n) is 11.7. The van der Waals surface area contributed by atoms with Gasteiger partial charge in [0, 0.05) is 30.8 Å². The number of anilines is 1. The van der Waals surface area contributed by atoms with Gasteiger partial charge in [-0.05, 0) is 35.9 Å². The maximum absolute atomic E-state index is 14.0. The third kappa shape index (κ3) is 3.64. The molecule has 5 heterocycles. The minimum absolute atomic E-state index is 0.151. The van der Waals surface area contributed by atoms with Crippen LogP contribution in [-0.2, 0) is 0 Å². The Kier molecular flexibility index (Phi) is 4.66. The number of phenolic OH excluding ortho intramolecular Hbond substituents is 1. The molecule has 2 aromatic carbocycles. The van der Waals surface area contributed by atoms with Gasteiger partial charge < -0.3 is 20.7 Å². The summed E-state index contributed by atoms with van der Waals surface area (Å²) in [6.07, 6.45) is 3.40. The molecule has 0 aliphatic carbocycles. The monoisotopic (exact) mass is 493 g/mol. The van der Waals surface area contributed by atoms with Crippen LogP contribution in [0.3, 0.4) is 0 Å². The van der Waals surface area contributed by atoms with Crippen molar-refractivity contribution >= 4 is 27.9 Å². The molecule has 1 fully saturated rings. The van der Waals surface area contributed by atoms with E-state index in [9.17, 15) is 9.50 Å². The highest BCUT2D eigenvalue weighted by Gasteiger charge is 2.25. The molecule has 5 N–H and O–H groups in total. The number of para-hydroxylation sites is 1. The van der Waals surface area contributed by atoms with Crippen LogP contribution in [0.15, 0.2) is 60.9 Å². The van der Waals surface area contributed by atoms with Gasteiger partial charge in [-0.2, -0.15) is 5.10 Å². The van der Waals surface area contributed by atoms with Crippen molar-refractivity contribution in [1.82, 2.24) is 35.1 Å². The summed E-state index contributed by atoms with van der Waals surface area (Å²) in [5, 5.41) is 17.4. The highest BCUT2D eigenvalue weighted by Crippen LogP contribution is 2.33. The van der Waals surface area contributed by atoms with E-state index in [0.29, 0.717) is 45.1 Å². The largest absolute Gasteiger partial charge is 0.508 e. The Morgan fingerprint density at radius 3 is 2.68 bits per heavy atom. The van der Waals surface area contributed by atoms with Gasteiger partial charge in [0.05, 0.1) is 34.6 Å². The second kappa shape index (κ2) is 8.07. The minimum Gasteiger partial charge on any atom is -0.508 e. The van der Waals surface area contributed by atoms with Crippen molar-refractivity contribution < 1.29 is 9.50 Å². The zero-order valence-corrected chi connectivity index (χ0v) is 19.4. The number of hydrogen-bond donors (Lipinski definition) is 4. The van der Waals surface area contributed by atoms with Crippen molar-refractivity contribution in [2.24, 2.45) is 5.73 Å². The number of fused-ring (bicyclic) bond motifs is 2. The number of halogens is 1. The number of aromatic amines is 2. The fourth-order valence-electron chi connectivity index (χ4n) is 4.64. The van der Waals surface area contributed by atoms with Gasteiger partial charge in [-0.1, -0.05) is 12.1 Å². The van der Waals surface area contributed by atoms with Crippen molar-refractivity contribution in [2.45, 2.75) is 6.04 Å². The van der Waals surface area contributed by atoms with E-state index in [1.165, 1.54) is 12.1 Å². The number of benzene rings is 2. The molecule has 182 valence electrons. The summed E-state index contributed by atoms with van der Waals surface area (Å²) in [5.74, 6) is 0.596. The van der Waals surface area contributed by atoms with Crippen LogP contribution in [0.1, 0.15) is 0 Å². The number of phenols is 1.